The zero-order valence-corrected chi connectivity index (χ0v) is 6.87. The van der Waals surface area contributed by atoms with Crippen molar-refractivity contribution < 1.29 is 14.0 Å². The van der Waals surface area contributed by atoms with Crippen LogP contribution in [0.25, 0.3) is 0 Å². The van der Waals surface area contributed by atoms with Crippen molar-refractivity contribution in [1.82, 2.24) is 0 Å². The van der Waals surface area contributed by atoms with E-state index in [4.69, 9.17) is 4.42 Å². The predicted molar refractivity (Wildman–Crippen MR) is 43.0 cm³/mol. The molecule has 1 rings (SSSR count). The molecule has 64 valence electrons. The van der Waals surface area contributed by atoms with Gasteiger partial charge in [0.05, 0.1) is 6.26 Å². The number of hydrogen-bond acceptors (Lipinski definition) is 3. The summed E-state index contributed by atoms with van der Waals surface area (Å²) in [4.78, 5) is 22.2. The first-order chi connectivity index (χ1) is 5.75. The van der Waals surface area contributed by atoms with Crippen molar-refractivity contribution in [2.75, 3.05) is 0 Å². The van der Waals surface area contributed by atoms with Crippen LogP contribution in [0.2, 0.25) is 0 Å². The van der Waals surface area contributed by atoms with Gasteiger partial charge in [0.1, 0.15) is 0 Å². The van der Waals surface area contributed by atoms with Gasteiger partial charge in [0.2, 0.25) is 5.78 Å². The van der Waals surface area contributed by atoms with Gasteiger partial charge in [-0.25, -0.2) is 0 Å². The molecule has 0 spiro atoms. The molecule has 12 heavy (non-hydrogen) atoms. The van der Waals surface area contributed by atoms with Crippen molar-refractivity contribution in [3.05, 3.63) is 24.2 Å². The van der Waals surface area contributed by atoms with E-state index in [1.54, 1.807) is 6.07 Å². The van der Waals surface area contributed by atoms with Crippen LogP contribution >= 0.6 is 0 Å². The highest BCUT2D eigenvalue weighted by molar-refractivity contribution is 6.42. The summed E-state index contributed by atoms with van der Waals surface area (Å²) < 4.78 is 4.79. The number of furan rings is 1. The van der Waals surface area contributed by atoms with Gasteiger partial charge in [-0.2, -0.15) is 0 Å². The fourth-order valence-corrected chi connectivity index (χ4v) is 0.886. The average molecular weight is 166 g/mol. The topological polar surface area (TPSA) is 47.3 Å². The first-order valence-electron chi connectivity index (χ1n) is 3.86. The molecule has 0 amide bonds. The first-order valence-corrected chi connectivity index (χ1v) is 3.86. The van der Waals surface area contributed by atoms with Crippen molar-refractivity contribution in [3.8, 4) is 0 Å². The molecule has 1 aromatic rings. The zero-order chi connectivity index (χ0) is 8.97. The fourth-order valence-electron chi connectivity index (χ4n) is 0.886. The molecule has 0 fully saturated rings. The van der Waals surface area contributed by atoms with Gasteiger partial charge in [0, 0.05) is 6.42 Å². The van der Waals surface area contributed by atoms with Crippen LogP contribution < -0.4 is 0 Å². The monoisotopic (exact) mass is 166 g/mol. The van der Waals surface area contributed by atoms with Gasteiger partial charge in [-0.05, 0) is 18.6 Å². The molecule has 0 radical (unpaired) electrons. The van der Waals surface area contributed by atoms with E-state index in [1.807, 2.05) is 6.92 Å². The maximum atomic E-state index is 11.2. The molecule has 1 heterocycles. The Morgan fingerprint density at radius 2 is 2.25 bits per heavy atom. The highest BCUT2D eigenvalue weighted by Gasteiger charge is 2.16. The molecule has 3 heteroatoms. The van der Waals surface area contributed by atoms with Crippen LogP contribution in [0.4, 0.5) is 0 Å². The third kappa shape index (κ3) is 1.81. The molecule has 0 saturated heterocycles. The van der Waals surface area contributed by atoms with E-state index in [-0.39, 0.29) is 11.5 Å². The summed E-state index contributed by atoms with van der Waals surface area (Å²) in [6, 6.07) is 3.09. The normalized spacial score (nSPS) is 9.75. The van der Waals surface area contributed by atoms with Crippen molar-refractivity contribution in [3.63, 3.8) is 0 Å². The lowest BCUT2D eigenvalue weighted by Crippen LogP contribution is -2.12. The van der Waals surface area contributed by atoms with Crippen LogP contribution in [0.15, 0.2) is 22.8 Å². The third-order valence-corrected chi connectivity index (χ3v) is 1.48. The largest absolute Gasteiger partial charge is 0.461 e. The van der Waals surface area contributed by atoms with Gasteiger partial charge in [-0.3, -0.25) is 9.59 Å². The van der Waals surface area contributed by atoms with Gasteiger partial charge in [0.15, 0.2) is 5.76 Å². The highest BCUT2D eigenvalue weighted by Crippen LogP contribution is 2.04. The summed E-state index contributed by atoms with van der Waals surface area (Å²) in [6.07, 6.45) is 2.36. The lowest BCUT2D eigenvalue weighted by molar-refractivity contribution is -0.115. The summed E-state index contributed by atoms with van der Waals surface area (Å²) >= 11 is 0. The SMILES string of the molecule is CCCC(=O)C(=O)c1ccco1. The molecule has 0 saturated carbocycles. The zero-order valence-electron chi connectivity index (χ0n) is 6.87. The number of Topliss-reactive ketones (excluding diaryl/α,β-unsaturated/α-hetero) is 2. The van der Waals surface area contributed by atoms with Gasteiger partial charge < -0.3 is 4.42 Å². The quantitative estimate of drug-likeness (QED) is 0.506. The second-order valence-corrected chi connectivity index (χ2v) is 2.48. The maximum absolute atomic E-state index is 11.2. The van der Waals surface area contributed by atoms with E-state index in [0.717, 1.165) is 0 Å². The minimum absolute atomic E-state index is 0.133. The Labute approximate surface area is 70.4 Å². The number of carbonyl (C=O) groups excluding carboxylic acids is 2. The van der Waals surface area contributed by atoms with Crippen molar-refractivity contribution in [2.24, 2.45) is 0 Å². The molecule has 3 nitrogen and oxygen atoms in total. The van der Waals surface area contributed by atoms with Gasteiger partial charge in [-0.15, -0.1) is 0 Å². The molecule has 0 atom stereocenters. The van der Waals surface area contributed by atoms with E-state index < -0.39 is 5.78 Å². The maximum Gasteiger partial charge on any atom is 0.263 e. The molecule has 0 aliphatic heterocycles. The summed E-state index contributed by atoms with van der Waals surface area (Å²) in [6.45, 7) is 1.85. The molecule has 0 N–H and O–H groups in total. The molecular weight excluding hydrogens is 156 g/mol. The lowest BCUT2D eigenvalue weighted by Gasteiger charge is -1.92. The highest BCUT2D eigenvalue weighted by atomic mass is 16.3. The van der Waals surface area contributed by atoms with Crippen LogP contribution in [-0.4, -0.2) is 11.6 Å². The van der Waals surface area contributed by atoms with E-state index in [9.17, 15) is 9.59 Å². The van der Waals surface area contributed by atoms with E-state index >= 15 is 0 Å². The molecule has 0 bridgehead atoms. The minimum Gasteiger partial charge on any atom is -0.461 e. The molecule has 0 aliphatic carbocycles. The Morgan fingerprint density at radius 3 is 2.75 bits per heavy atom. The Bertz CT molecular complexity index is 272. The van der Waals surface area contributed by atoms with Gasteiger partial charge in [-0.1, -0.05) is 6.92 Å². The van der Waals surface area contributed by atoms with Crippen LogP contribution in [0.3, 0.4) is 0 Å². The van der Waals surface area contributed by atoms with Crippen molar-refractivity contribution in [2.45, 2.75) is 19.8 Å². The second-order valence-electron chi connectivity index (χ2n) is 2.48. The molecule has 0 aromatic carbocycles. The van der Waals surface area contributed by atoms with Crippen LogP contribution in [0.1, 0.15) is 30.3 Å². The van der Waals surface area contributed by atoms with Gasteiger partial charge in [0.25, 0.3) is 5.78 Å². The molecular formula is C9H10O3. The minimum atomic E-state index is -0.526. The average Bonchev–Trinajstić information content (AvgIpc) is 2.55. The van der Waals surface area contributed by atoms with Crippen LogP contribution in [0.5, 0.6) is 0 Å². The Kier molecular flexibility index (Phi) is 2.80. The summed E-state index contributed by atoms with van der Waals surface area (Å²) in [5, 5.41) is 0. The Morgan fingerprint density at radius 1 is 1.50 bits per heavy atom. The summed E-state index contributed by atoms with van der Waals surface area (Å²) in [5.74, 6) is -0.775. The van der Waals surface area contributed by atoms with E-state index in [1.165, 1.54) is 12.3 Å². The lowest BCUT2D eigenvalue weighted by atomic mass is 10.1. The smallest absolute Gasteiger partial charge is 0.263 e. The van der Waals surface area contributed by atoms with Crippen LogP contribution in [-0.2, 0) is 4.79 Å². The van der Waals surface area contributed by atoms with Crippen molar-refractivity contribution >= 4 is 11.6 Å². The fraction of sp³-hybridized carbons (Fsp3) is 0.333. The molecule has 0 unspecified atom stereocenters. The van der Waals surface area contributed by atoms with Crippen LogP contribution in [0, 0.1) is 0 Å². The second kappa shape index (κ2) is 3.85. The van der Waals surface area contributed by atoms with Crippen molar-refractivity contribution in [1.29, 1.82) is 0 Å². The summed E-state index contributed by atoms with van der Waals surface area (Å²) in [5.41, 5.74) is 0. The Balaban J connectivity index is 2.66. The Hall–Kier alpha value is -1.38. The number of hydrogen-bond donors (Lipinski definition) is 0. The first kappa shape index (κ1) is 8.71. The number of carbonyl (C=O) groups is 2. The third-order valence-electron chi connectivity index (χ3n) is 1.48. The molecule has 1 aromatic heterocycles. The van der Waals surface area contributed by atoms with Gasteiger partial charge >= 0.3 is 0 Å². The van der Waals surface area contributed by atoms with E-state index in [0.29, 0.717) is 12.8 Å². The number of ketones is 2. The number of rotatable bonds is 4. The molecule has 0 aliphatic rings. The summed E-state index contributed by atoms with van der Waals surface area (Å²) in [7, 11) is 0. The van der Waals surface area contributed by atoms with E-state index in [2.05, 4.69) is 0 Å². The standard InChI is InChI=1S/C9H10O3/c1-2-4-7(10)9(11)8-5-3-6-12-8/h3,5-6H,2,4H2,1H3. The predicted octanol–water partition coefficient (Wildman–Crippen LogP) is 1.83.